The molecule has 0 saturated carbocycles. The van der Waals surface area contributed by atoms with Gasteiger partial charge in [-0.05, 0) is 6.20 Å². The predicted octanol–water partition coefficient (Wildman–Crippen LogP) is 0.0242. The SMILES string of the molecule is [CH-]=Cc1[c-]c(=O)cnn1C.[Y]. The van der Waals surface area contributed by atoms with Crippen molar-refractivity contribution in [3.05, 3.63) is 34.8 Å². The van der Waals surface area contributed by atoms with Gasteiger partial charge in [-0.25, -0.2) is 11.8 Å². The van der Waals surface area contributed by atoms with E-state index in [1.807, 2.05) is 0 Å². The number of rotatable bonds is 1. The average Bonchev–Trinajstić information content (AvgIpc) is 1.94. The number of nitrogens with zero attached hydrogens (tertiary/aromatic N) is 2. The normalized spacial score (nSPS) is 8.45. The standard InChI is InChI=1S/C7H6N2O.Y/c1-3-6-4-7(10)5-8-9(6)2;/h1,3,5H,2H3;/q-2;. The van der Waals surface area contributed by atoms with Crippen molar-refractivity contribution >= 4 is 6.08 Å². The Labute approximate surface area is 90.0 Å². The second-order valence-corrected chi connectivity index (χ2v) is 1.81. The smallest absolute Gasteiger partial charge is 0.0712 e. The third-order valence-corrected chi connectivity index (χ3v) is 1.11. The molecule has 0 fully saturated rings. The Balaban J connectivity index is 0.000001000. The van der Waals surface area contributed by atoms with Crippen LogP contribution in [0.3, 0.4) is 0 Å². The van der Waals surface area contributed by atoms with Gasteiger partial charge in [0, 0.05) is 39.8 Å². The van der Waals surface area contributed by atoms with E-state index in [2.05, 4.69) is 11.2 Å². The molecule has 4 heteroatoms. The third kappa shape index (κ3) is 2.68. The number of hydrogen-bond donors (Lipinski definition) is 0. The van der Waals surface area contributed by atoms with Crippen LogP contribution >= 0.6 is 0 Å². The van der Waals surface area contributed by atoms with Crippen LogP contribution in [0, 0.1) is 12.6 Å². The Morgan fingerprint density at radius 1 is 1.82 bits per heavy atom. The van der Waals surface area contributed by atoms with Crippen molar-refractivity contribution in [1.82, 2.24) is 9.78 Å². The Hall–Kier alpha value is -0.276. The zero-order valence-electron chi connectivity index (χ0n) is 6.11. The van der Waals surface area contributed by atoms with E-state index in [1.165, 1.54) is 17.0 Å². The molecule has 0 spiro atoms. The van der Waals surface area contributed by atoms with Gasteiger partial charge in [0.1, 0.15) is 0 Å². The van der Waals surface area contributed by atoms with Gasteiger partial charge in [-0.1, -0.05) is 0 Å². The first-order valence-corrected chi connectivity index (χ1v) is 2.74. The summed E-state index contributed by atoms with van der Waals surface area (Å²) >= 11 is 0. The Morgan fingerprint density at radius 3 is 2.91 bits per heavy atom. The van der Waals surface area contributed by atoms with Crippen LogP contribution in [0.1, 0.15) is 5.69 Å². The first-order valence-electron chi connectivity index (χ1n) is 2.74. The van der Waals surface area contributed by atoms with Gasteiger partial charge in [0.15, 0.2) is 0 Å². The van der Waals surface area contributed by atoms with E-state index in [0.717, 1.165) is 0 Å². The maximum absolute atomic E-state index is 10.6. The van der Waals surface area contributed by atoms with Gasteiger partial charge in [0.25, 0.3) is 0 Å². The second-order valence-electron chi connectivity index (χ2n) is 1.81. The van der Waals surface area contributed by atoms with Crippen molar-refractivity contribution in [1.29, 1.82) is 0 Å². The number of aromatic nitrogens is 2. The van der Waals surface area contributed by atoms with Crippen LogP contribution in [0.25, 0.3) is 6.08 Å². The van der Waals surface area contributed by atoms with Gasteiger partial charge in [-0.2, -0.15) is 0 Å². The summed E-state index contributed by atoms with van der Waals surface area (Å²) in [5, 5.41) is 3.71. The predicted molar refractivity (Wildman–Crippen MR) is 37.1 cm³/mol. The molecular weight excluding hydrogens is 217 g/mol. The van der Waals surface area contributed by atoms with Crippen LogP contribution in [0.15, 0.2) is 11.0 Å². The van der Waals surface area contributed by atoms with Crippen molar-refractivity contribution < 1.29 is 32.7 Å². The Kier molecular flexibility index (Phi) is 4.46. The minimum absolute atomic E-state index is 0. The summed E-state index contributed by atoms with van der Waals surface area (Å²) in [5.74, 6) is 0. The topological polar surface area (TPSA) is 34.9 Å². The van der Waals surface area contributed by atoms with Crippen LogP contribution in [0.2, 0.25) is 0 Å². The summed E-state index contributed by atoms with van der Waals surface area (Å²) in [6, 6.07) is 2.49. The molecule has 0 atom stereocenters. The minimum Gasteiger partial charge on any atom is -0.382 e. The molecule has 0 aliphatic rings. The van der Waals surface area contributed by atoms with E-state index in [9.17, 15) is 4.79 Å². The third-order valence-electron chi connectivity index (χ3n) is 1.11. The maximum atomic E-state index is 10.6. The summed E-state index contributed by atoms with van der Waals surface area (Å²) in [5.41, 5.74) is 0.238. The van der Waals surface area contributed by atoms with Crippen LogP contribution < -0.4 is 5.43 Å². The van der Waals surface area contributed by atoms with E-state index < -0.39 is 0 Å². The summed E-state index contributed by atoms with van der Waals surface area (Å²) in [4.78, 5) is 10.6. The molecule has 0 bridgehead atoms. The van der Waals surface area contributed by atoms with Gasteiger partial charge in [0.05, 0.1) is 5.43 Å². The fourth-order valence-electron chi connectivity index (χ4n) is 0.590. The molecule has 11 heavy (non-hydrogen) atoms. The van der Waals surface area contributed by atoms with E-state index in [1.54, 1.807) is 7.05 Å². The van der Waals surface area contributed by atoms with Crippen LogP contribution in [-0.2, 0) is 39.8 Å². The van der Waals surface area contributed by atoms with Gasteiger partial charge in [-0.15, -0.1) is 0 Å². The summed E-state index contributed by atoms with van der Waals surface area (Å²) in [6.07, 6.45) is 2.47. The van der Waals surface area contributed by atoms with Crippen molar-refractivity contribution in [3.63, 3.8) is 0 Å². The Morgan fingerprint density at radius 2 is 2.45 bits per heavy atom. The van der Waals surface area contributed by atoms with Gasteiger partial charge in [0.2, 0.25) is 0 Å². The van der Waals surface area contributed by atoms with Crippen molar-refractivity contribution in [2.24, 2.45) is 7.05 Å². The van der Waals surface area contributed by atoms with Gasteiger partial charge < -0.3 is 22.1 Å². The van der Waals surface area contributed by atoms with Crippen LogP contribution in [0.5, 0.6) is 0 Å². The molecule has 1 radical (unpaired) electrons. The van der Waals surface area contributed by atoms with E-state index >= 15 is 0 Å². The van der Waals surface area contributed by atoms with Crippen LogP contribution in [-0.4, -0.2) is 9.78 Å². The van der Waals surface area contributed by atoms with E-state index in [0.29, 0.717) is 5.69 Å². The van der Waals surface area contributed by atoms with Crippen LogP contribution in [0.4, 0.5) is 0 Å². The van der Waals surface area contributed by atoms with Gasteiger partial charge >= 0.3 is 0 Å². The van der Waals surface area contributed by atoms with E-state index in [-0.39, 0.29) is 38.1 Å². The molecule has 1 aromatic rings. The molecule has 0 amide bonds. The Bertz CT molecular complexity index is 306. The first kappa shape index (κ1) is 10.7. The van der Waals surface area contributed by atoms with Crippen molar-refractivity contribution in [3.8, 4) is 0 Å². The molecular formula is C7H6N2OY-2. The molecule has 1 aromatic heterocycles. The first-order chi connectivity index (χ1) is 4.74. The molecule has 0 N–H and O–H groups in total. The van der Waals surface area contributed by atoms with Gasteiger partial charge in [-0.3, -0.25) is 5.10 Å². The molecule has 0 unspecified atom stereocenters. The fraction of sp³-hybridized carbons (Fsp3) is 0.143. The zero-order chi connectivity index (χ0) is 7.56. The summed E-state index contributed by atoms with van der Waals surface area (Å²) in [6.45, 7) is 5.16. The monoisotopic (exact) mass is 223 g/mol. The minimum atomic E-state index is -0.255. The molecule has 55 valence electrons. The average molecular weight is 223 g/mol. The molecule has 3 nitrogen and oxygen atoms in total. The summed E-state index contributed by atoms with van der Waals surface area (Å²) in [7, 11) is 1.69. The molecule has 1 heterocycles. The maximum Gasteiger partial charge on any atom is 0.0712 e. The fourth-order valence-corrected chi connectivity index (χ4v) is 0.590. The summed E-state index contributed by atoms with van der Waals surface area (Å²) < 4.78 is 1.47. The molecule has 0 aliphatic heterocycles. The van der Waals surface area contributed by atoms with Crippen molar-refractivity contribution in [2.45, 2.75) is 0 Å². The van der Waals surface area contributed by atoms with E-state index in [4.69, 9.17) is 6.58 Å². The number of aryl methyl sites for hydroxylation is 1. The largest absolute Gasteiger partial charge is 0.382 e. The van der Waals surface area contributed by atoms with Crippen molar-refractivity contribution in [2.75, 3.05) is 0 Å². The molecule has 1 rings (SSSR count). The number of hydrogen-bond acceptors (Lipinski definition) is 2. The zero-order valence-corrected chi connectivity index (χ0v) is 8.95. The second kappa shape index (κ2) is 4.57. The quantitative estimate of drug-likeness (QED) is 0.629. The molecule has 0 aromatic carbocycles. The molecule has 0 aliphatic carbocycles. The molecule has 0 saturated heterocycles.